The molecular formula is C22H28N4O. The summed E-state index contributed by atoms with van der Waals surface area (Å²) in [6.07, 6.45) is 8.27. The minimum absolute atomic E-state index is 0.530. The average molecular weight is 364 g/mol. The number of benzene rings is 1. The first kappa shape index (κ1) is 20.1. The SMILES string of the molecule is C/C=C(\C=C(/N)c1cc(Oc2ccc(NC)c(C)c2)ccn1)C(/N)=C\CC. The number of ether oxygens (including phenoxy) is 1. The number of hydrogen-bond donors (Lipinski definition) is 3. The van der Waals surface area contributed by atoms with Crippen LogP contribution in [-0.4, -0.2) is 12.0 Å². The van der Waals surface area contributed by atoms with Crippen molar-refractivity contribution in [1.82, 2.24) is 4.98 Å². The maximum absolute atomic E-state index is 6.24. The van der Waals surface area contributed by atoms with E-state index in [-0.39, 0.29) is 0 Å². The molecule has 0 amide bonds. The van der Waals surface area contributed by atoms with Crippen LogP contribution < -0.4 is 21.5 Å². The Balaban J connectivity index is 2.25. The third kappa shape index (κ3) is 5.38. The number of anilines is 1. The van der Waals surface area contributed by atoms with Gasteiger partial charge in [-0.2, -0.15) is 0 Å². The van der Waals surface area contributed by atoms with E-state index in [4.69, 9.17) is 16.2 Å². The summed E-state index contributed by atoms with van der Waals surface area (Å²) in [7, 11) is 1.90. The van der Waals surface area contributed by atoms with E-state index in [0.29, 0.717) is 22.8 Å². The molecule has 0 fully saturated rings. The van der Waals surface area contributed by atoms with Crippen molar-refractivity contribution in [2.75, 3.05) is 12.4 Å². The number of nitrogens with one attached hydrogen (secondary N) is 1. The fourth-order valence-corrected chi connectivity index (χ4v) is 2.66. The van der Waals surface area contributed by atoms with E-state index < -0.39 is 0 Å². The van der Waals surface area contributed by atoms with Crippen LogP contribution >= 0.6 is 0 Å². The summed E-state index contributed by atoms with van der Waals surface area (Å²) < 4.78 is 5.97. The summed E-state index contributed by atoms with van der Waals surface area (Å²) in [5.41, 5.74) is 17.2. The number of hydrogen-bond acceptors (Lipinski definition) is 5. The van der Waals surface area contributed by atoms with Crippen molar-refractivity contribution in [3.05, 3.63) is 77.3 Å². The van der Waals surface area contributed by atoms with Crippen LogP contribution in [0, 0.1) is 6.92 Å². The highest BCUT2D eigenvalue weighted by Gasteiger charge is 2.06. The highest BCUT2D eigenvalue weighted by Crippen LogP contribution is 2.27. The van der Waals surface area contributed by atoms with Gasteiger partial charge in [-0.15, -0.1) is 0 Å². The van der Waals surface area contributed by atoms with Crippen molar-refractivity contribution >= 4 is 11.4 Å². The fourth-order valence-electron chi connectivity index (χ4n) is 2.66. The van der Waals surface area contributed by atoms with Gasteiger partial charge in [0.2, 0.25) is 0 Å². The Kier molecular flexibility index (Phi) is 7.06. The van der Waals surface area contributed by atoms with Gasteiger partial charge in [0.15, 0.2) is 0 Å². The second kappa shape index (κ2) is 9.48. The monoisotopic (exact) mass is 364 g/mol. The maximum Gasteiger partial charge on any atom is 0.131 e. The van der Waals surface area contributed by atoms with E-state index in [2.05, 4.69) is 10.3 Å². The summed E-state index contributed by atoms with van der Waals surface area (Å²) in [6.45, 7) is 6.00. The fraction of sp³-hybridized carbons (Fsp3) is 0.227. The van der Waals surface area contributed by atoms with Gasteiger partial charge >= 0.3 is 0 Å². The molecule has 0 unspecified atom stereocenters. The topological polar surface area (TPSA) is 86.2 Å². The molecule has 0 radical (unpaired) electrons. The Bertz CT molecular complexity index is 882. The highest BCUT2D eigenvalue weighted by atomic mass is 16.5. The molecule has 2 aromatic rings. The zero-order valence-electron chi connectivity index (χ0n) is 16.4. The smallest absolute Gasteiger partial charge is 0.131 e. The summed E-state index contributed by atoms with van der Waals surface area (Å²) >= 11 is 0. The Morgan fingerprint density at radius 1 is 1.19 bits per heavy atom. The third-order valence-electron chi connectivity index (χ3n) is 4.11. The van der Waals surface area contributed by atoms with Crippen LogP contribution in [-0.2, 0) is 0 Å². The van der Waals surface area contributed by atoms with Crippen LogP contribution in [0.5, 0.6) is 11.5 Å². The minimum atomic E-state index is 0.530. The molecule has 0 spiro atoms. The van der Waals surface area contributed by atoms with Gasteiger partial charge in [-0.3, -0.25) is 4.98 Å². The van der Waals surface area contributed by atoms with Crippen LogP contribution in [0.2, 0.25) is 0 Å². The molecule has 142 valence electrons. The predicted molar refractivity (Wildman–Crippen MR) is 114 cm³/mol. The van der Waals surface area contributed by atoms with Crippen molar-refractivity contribution in [2.24, 2.45) is 11.5 Å². The van der Waals surface area contributed by atoms with Crippen molar-refractivity contribution in [2.45, 2.75) is 27.2 Å². The van der Waals surface area contributed by atoms with Gasteiger partial charge in [-0.1, -0.05) is 19.1 Å². The Morgan fingerprint density at radius 3 is 2.56 bits per heavy atom. The maximum atomic E-state index is 6.24. The molecule has 27 heavy (non-hydrogen) atoms. The molecule has 5 nitrogen and oxygen atoms in total. The molecule has 1 aromatic heterocycles. The molecule has 1 heterocycles. The summed E-state index contributed by atoms with van der Waals surface area (Å²) in [5, 5.41) is 3.14. The lowest BCUT2D eigenvalue weighted by atomic mass is 10.1. The summed E-state index contributed by atoms with van der Waals surface area (Å²) in [5.74, 6) is 1.43. The predicted octanol–water partition coefficient (Wildman–Crippen LogP) is 4.72. The van der Waals surface area contributed by atoms with Crippen LogP contribution in [0.4, 0.5) is 5.69 Å². The number of aromatic nitrogens is 1. The quantitative estimate of drug-likeness (QED) is 0.619. The minimum Gasteiger partial charge on any atom is -0.457 e. The van der Waals surface area contributed by atoms with Crippen LogP contribution in [0.1, 0.15) is 31.5 Å². The Morgan fingerprint density at radius 2 is 1.93 bits per heavy atom. The van der Waals surface area contributed by atoms with Gasteiger partial charge in [0.05, 0.1) is 11.4 Å². The number of pyridine rings is 1. The first-order chi connectivity index (χ1) is 13.0. The van der Waals surface area contributed by atoms with Gasteiger partial charge in [-0.05, 0) is 61.7 Å². The van der Waals surface area contributed by atoms with E-state index in [1.165, 1.54) is 0 Å². The Labute approximate surface area is 161 Å². The molecule has 0 saturated carbocycles. The number of rotatable bonds is 7. The average Bonchev–Trinajstić information content (AvgIpc) is 2.66. The molecule has 5 N–H and O–H groups in total. The lowest BCUT2D eigenvalue weighted by Crippen LogP contribution is -2.04. The molecule has 0 bridgehead atoms. The number of nitrogens with two attached hydrogens (primary N) is 2. The Hall–Kier alpha value is -3.21. The molecule has 0 atom stereocenters. The van der Waals surface area contributed by atoms with E-state index >= 15 is 0 Å². The lowest BCUT2D eigenvalue weighted by Gasteiger charge is -2.11. The first-order valence-corrected chi connectivity index (χ1v) is 9.00. The molecule has 0 aliphatic carbocycles. The molecule has 1 aromatic carbocycles. The standard InChI is InChI=1S/C22H28N4O/c1-5-7-19(23)16(6-2)13-20(24)22-14-18(10-11-26-22)27-17-8-9-21(25-4)15(3)12-17/h6-14,25H,5,23-24H2,1-4H3/b16-6+,19-7+,20-13-. The van der Waals surface area contributed by atoms with Crippen LogP contribution in [0.3, 0.4) is 0 Å². The van der Waals surface area contributed by atoms with Crippen molar-refractivity contribution < 1.29 is 4.74 Å². The van der Waals surface area contributed by atoms with Gasteiger partial charge in [-0.25, -0.2) is 0 Å². The molecule has 0 saturated heterocycles. The zero-order valence-corrected chi connectivity index (χ0v) is 16.4. The number of allylic oxidation sites excluding steroid dienone is 3. The highest BCUT2D eigenvalue weighted by molar-refractivity contribution is 5.65. The molecule has 0 aliphatic rings. The van der Waals surface area contributed by atoms with Gasteiger partial charge in [0, 0.05) is 30.7 Å². The third-order valence-corrected chi connectivity index (χ3v) is 4.11. The van der Waals surface area contributed by atoms with E-state index in [1.807, 2.05) is 70.3 Å². The second-order valence-corrected chi connectivity index (χ2v) is 6.12. The number of nitrogens with zero attached hydrogens (tertiary/aromatic N) is 1. The normalized spacial score (nSPS) is 12.8. The number of aryl methyl sites for hydroxylation is 1. The molecule has 0 aliphatic heterocycles. The summed E-state index contributed by atoms with van der Waals surface area (Å²) in [6, 6.07) is 9.52. The van der Waals surface area contributed by atoms with E-state index in [0.717, 1.165) is 29.0 Å². The van der Waals surface area contributed by atoms with Gasteiger partial charge in [0.25, 0.3) is 0 Å². The van der Waals surface area contributed by atoms with Crippen LogP contribution in [0.15, 0.2) is 66.0 Å². The van der Waals surface area contributed by atoms with Crippen LogP contribution in [0.25, 0.3) is 5.70 Å². The molecule has 2 rings (SSSR count). The lowest BCUT2D eigenvalue weighted by molar-refractivity contribution is 0.481. The largest absolute Gasteiger partial charge is 0.457 e. The molecular weight excluding hydrogens is 336 g/mol. The zero-order chi connectivity index (χ0) is 19.8. The molecule has 5 heteroatoms. The van der Waals surface area contributed by atoms with E-state index in [9.17, 15) is 0 Å². The van der Waals surface area contributed by atoms with E-state index in [1.54, 1.807) is 12.3 Å². The van der Waals surface area contributed by atoms with Gasteiger partial charge < -0.3 is 21.5 Å². The van der Waals surface area contributed by atoms with Gasteiger partial charge in [0.1, 0.15) is 11.5 Å². The second-order valence-electron chi connectivity index (χ2n) is 6.12. The van der Waals surface area contributed by atoms with Crippen molar-refractivity contribution in [1.29, 1.82) is 0 Å². The summed E-state index contributed by atoms with van der Waals surface area (Å²) in [4.78, 5) is 4.35. The first-order valence-electron chi connectivity index (χ1n) is 9.00. The van der Waals surface area contributed by atoms with Crippen molar-refractivity contribution in [3.8, 4) is 11.5 Å². The van der Waals surface area contributed by atoms with Crippen molar-refractivity contribution in [3.63, 3.8) is 0 Å².